The zero-order chi connectivity index (χ0) is 10.6. The molecule has 0 atom stereocenters. The minimum atomic E-state index is -0.0614. The SMILES string of the molecule is Cn1nccc1NCCCC(C)(C)N. The fourth-order valence-corrected chi connectivity index (χ4v) is 1.31. The van der Waals surface area contributed by atoms with Crippen molar-refractivity contribution in [3.63, 3.8) is 0 Å². The molecule has 1 heterocycles. The topological polar surface area (TPSA) is 55.9 Å². The molecule has 0 aliphatic heterocycles. The predicted molar refractivity (Wildman–Crippen MR) is 59.2 cm³/mol. The van der Waals surface area contributed by atoms with E-state index in [4.69, 9.17) is 5.73 Å². The third-order valence-corrected chi connectivity index (χ3v) is 2.12. The van der Waals surface area contributed by atoms with Gasteiger partial charge >= 0.3 is 0 Å². The van der Waals surface area contributed by atoms with Crippen molar-refractivity contribution in [1.29, 1.82) is 0 Å². The molecule has 3 N–H and O–H groups in total. The smallest absolute Gasteiger partial charge is 0.123 e. The second-order valence-corrected chi connectivity index (χ2v) is 4.36. The Morgan fingerprint density at radius 3 is 2.79 bits per heavy atom. The Kier molecular flexibility index (Phi) is 3.52. The summed E-state index contributed by atoms with van der Waals surface area (Å²) in [5.41, 5.74) is 5.82. The summed E-state index contributed by atoms with van der Waals surface area (Å²) in [6.45, 7) is 5.05. The molecule has 4 heteroatoms. The van der Waals surface area contributed by atoms with Crippen LogP contribution < -0.4 is 11.1 Å². The fraction of sp³-hybridized carbons (Fsp3) is 0.700. The third kappa shape index (κ3) is 3.79. The highest BCUT2D eigenvalue weighted by Gasteiger charge is 2.09. The van der Waals surface area contributed by atoms with Crippen LogP contribution in [0, 0.1) is 0 Å². The lowest BCUT2D eigenvalue weighted by Crippen LogP contribution is -2.32. The highest BCUT2D eigenvalue weighted by molar-refractivity contribution is 5.33. The summed E-state index contributed by atoms with van der Waals surface area (Å²) in [7, 11) is 1.93. The van der Waals surface area contributed by atoms with Crippen LogP contribution in [0.15, 0.2) is 12.3 Å². The molecule has 0 bridgehead atoms. The minimum absolute atomic E-state index is 0.0614. The monoisotopic (exact) mass is 196 g/mol. The average Bonchev–Trinajstić information content (AvgIpc) is 2.44. The number of aryl methyl sites for hydroxylation is 1. The van der Waals surface area contributed by atoms with Gasteiger partial charge in [0.1, 0.15) is 5.82 Å². The van der Waals surface area contributed by atoms with Gasteiger partial charge in [0.05, 0.1) is 6.20 Å². The molecule has 1 aromatic heterocycles. The molecule has 0 spiro atoms. The first kappa shape index (κ1) is 11.0. The van der Waals surface area contributed by atoms with Crippen LogP contribution in [0.3, 0.4) is 0 Å². The van der Waals surface area contributed by atoms with Crippen molar-refractivity contribution < 1.29 is 0 Å². The molecule has 1 aromatic rings. The molecule has 0 amide bonds. The molecular formula is C10H20N4. The van der Waals surface area contributed by atoms with Crippen LogP contribution in [-0.2, 0) is 7.05 Å². The lowest BCUT2D eigenvalue weighted by atomic mass is 10.0. The highest BCUT2D eigenvalue weighted by Crippen LogP contribution is 2.08. The van der Waals surface area contributed by atoms with E-state index in [2.05, 4.69) is 24.3 Å². The lowest BCUT2D eigenvalue weighted by molar-refractivity contribution is 0.465. The first-order valence-corrected chi connectivity index (χ1v) is 5.00. The maximum Gasteiger partial charge on any atom is 0.123 e. The van der Waals surface area contributed by atoms with Gasteiger partial charge in [-0.1, -0.05) is 0 Å². The molecule has 0 fully saturated rings. The van der Waals surface area contributed by atoms with Gasteiger partial charge in [0.2, 0.25) is 0 Å². The van der Waals surface area contributed by atoms with E-state index in [1.165, 1.54) is 0 Å². The summed E-state index contributed by atoms with van der Waals surface area (Å²) in [5.74, 6) is 1.06. The third-order valence-electron chi connectivity index (χ3n) is 2.12. The van der Waals surface area contributed by atoms with Crippen molar-refractivity contribution in [2.24, 2.45) is 12.8 Å². The molecule has 0 aliphatic carbocycles. The van der Waals surface area contributed by atoms with Crippen molar-refractivity contribution in [2.75, 3.05) is 11.9 Å². The molecule has 0 saturated heterocycles. The summed E-state index contributed by atoms with van der Waals surface area (Å²) in [6, 6.07) is 1.97. The van der Waals surface area contributed by atoms with E-state index in [9.17, 15) is 0 Å². The molecule has 0 saturated carbocycles. The van der Waals surface area contributed by atoms with Gasteiger partial charge in [0.15, 0.2) is 0 Å². The van der Waals surface area contributed by atoms with Crippen LogP contribution in [0.5, 0.6) is 0 Å². The number of aromatic nitrogens is 2. The first-order chi connectivity index (χ1) is 6.49. The number of anilines is 1. The van der Waals surface area contributed by atoms with Gasteiger partial charge in [-0.05, 0) is 26.7 Å². The van der Waals surface area contributed by atoms with E-state index in [0.29, 0.717) is 0 Å². The summed E-state index contributed by atoms with van der Waals surface area (Å²) >= 11 is 0. The van der Waals surface area contributed by atoms with E-state index in [0.717, 1.165) is 25.2 Å². The van der Waals surface area contributed by atoms with Crippen LogP contribution in [0.2, 0.25) is 0 Å². The Balaban J connectivity index is 2.20. The Hall–Kier alpha value is -1.03. The van der Waals surface area contributed by atoms with E-state index in [1.54, 1.807) is 6.20 Å². The van der Waals surface area contributed by atoms with Crippen LogP contribution >= 0.6 is 0 Å². The largest absolute Gasteiger partial charge is 0.370 e. The van der Waals surface area contributed by atoms with Gasteiger partial charge in [-0.2, -0.15) is 5.10 Å². The maximum atomic E-state index is 5.88. The van der Waals surface area contributed by atoms with Crippen LogP contribution in [-0.4, -0.2) is 21.9 Å². The van der Waals surface area contributed by atoms with E-state index < -0.39 is 0 Å². The number of nitrogens with one attached hydrogen (secondary N) is 1. The minimum Gasteiger partial charge on any atom is -0.370 e. The summed E-state index contributed by atoms with van der Waals surface area (Å²) < 4.78 is 1.83. The molecule has 0 radical (unpaired) electrons. The van der Waals surface area contributed by atoms with Crippen molar-refractivity contribution in [3.05, 3.63) is 12.3 Å². The number of nitrogens with zero attached hydrogens (tertiary/aromatic N) is 2. The Morgan fingerprint density at radius 1 is 1.57 bits per heavy atom. The van der Waals surface area contributed by atoms with Crippen molar-refractivity contribution in [1.82, 2.24) is 9.78 Å². The number of nitrogens with two attached hydrogens (primary N) is 1. The van der Waals surface area contributed by atoms with Gasteiger partial charge in [-0.3, -0.25) is 4.68 Å². The van der Waals surface area contributed by atoms with Gasteiger partial charge < -0.3 is 11.1 Å². The second-order valence-electron chi connectivity index (χ2n) is 4.36. The zero-order valence-corrected chi connectivity index (χ0v) is 9.25. The van der Waals surface area contributed by atoms with Crippen molar-refractivity contribution >= 4 is 5.82 Å². The number of hydrogen-bond donors (Lipinski definition) is 2. The van der Waals surface area contributed by atoms with Gasteiger partial charge in [-0.15, -0.1) is 0 Å². The van der Waals surface area contributed by atoms with E-state index >= 15 is 0 Å². The molecule has 14 heavy (non-hydrogen) atoms. The molecule has 80 valence electrons. The molecule has 4 nitrogen and oxygen atoms in total. The zero-order valence-electron chi connectivity index (χ0n) is 9.25. The van der Waals surface area contributed by atoms with Gasteiger partial charge in [0, 0.05) is 25.2 Å². The average molecular weight is 196 g/mol. The highest BCUT2D eigenvalue weighted by atomic mass is 15.3. The van der Waals surface area contributed by atoms with Crippen LogP contribution in [0.4, 0.5) is 5.82 Å². The first-order valence-electron chi connectivity index (χ1n) is 5.00. The fourth-order valence-electron chi connectivity index (χ4n) is 1.31. The van der Waals surface area contributed by atoms with Gasteiger partial charge in [-0.25, -0.2) is 0 Å². The van der Waals surface area contributed by atoms with E-state index in [-0.39, 0.29) is 5.54 Å². The number of rotatable bonds is 5. The van der Waals surface area contributed by atoms with Crippen molar-refractivity contribution in [2.45, 2.75) is 32.2 Å². The second kappa shape index (κ2) is 4.46. The molecule has 0 aromatic carbocycles. The molecule has 1 rings (SSSR count). The molecule has 0 aliphatic rings. The lowest BCUT2D eigenvalue weighted by Gasteiger charge is -2.18. The number of hydrogen-bond acceptors (Lipinski definition) is 3. The Labute approximate surface area is 85.5 Å². The summed E-state index contributed by atoms with van der Waals surface area (Å²) in [6.07, 6.45) is 3.89. The van der Waals surface area contributed by atoms with Gasteiger partial charge in [0.25, 0.3) is 0 Å². The van der Waals surface area contributed by atoms with Crippen LogP contribution in [0.1, 0.15) is 26.7 Å². The maximum absolute atomic E-state index is 5.88. The van der Waals surface area contributed by atoms with Crippen molar-refractivity contribution in [3.8, 4) is 0 Å². The van der Waals surface area contributed by atoms with Crippen LogP contribution in [0.25, 0.3) is 0 Å². The summed E-state index contributed by atoms with van der Waals surface area (Å²) in [5, 5.41) is 7.38. The molecule has 0 unspecified atom stereocenters. The predicted octanol–water partition coefficient (Wildman–Crippen LogP) is 1.35. The Bertz CT molecular complexity index is 272. The summed E-state index contributed by atoms with van der Waals surface area (Å²) in [4.78, 5) is 0. The standard InChI is InChI=1S/C10H20N4/c1-10(2,11)6-4-7-12-9-5-8-13-14(9)3/h5,8,12H,4,6-7,11H2,1-3H3. The Morgan fingerprint density at radius 2 is 2.29 bits per heavy atom. The van der Waals surface area contributed by atoms with E-state index in [1.807, 2.05) is 17.8 Å². The normalized spacial score (nSPS) is 11.7. The quantitative estimate of drug-likeness (QED) is 0.699. The molecular weight excluding hydrogens is 176 g/mol.